The number of ether oxygens (including phenoxy) is 2. The number of benzene rings is 1. The standard InChI is InChI=1S/C16H20O3/c1-4-11-9-12-7-6-8-14(18-3)16(12)13(11)10-15(17)19-5-2/h6-8H,4-5,9-10H2,1-3H3. The zero-order valence-electron chi connectivity index (χ0n) is 11.8. The lowest BCUT2D eigenvalue weighted by Crippen LogP contribution is -2.05. The first kappa shape index (κ1) is 13.7. The first-order valence-corrected chi connectivity index (χ1v) is 6.74. The lowest BCUT2D eigenvalue weighted by atomic mass is 10.0. The smallest absolute Gasteiger partial charge is 0.310 e. The average Bonchev–Trinajstić information content (AvgIpc) is 2.77. The second kappa shape index (κ2) is 5.91. The number of methoxy groups -OCH3 is 1. The Kier molecular flexibility index (Phi) is 4.25. The Bertz CT molecular complexity index is 515. The molecule has 0 fully saturated rings. The average molecular weight is 260 g/mol. The number of carbonyl (C=O) groups excluding carboxylic acids is 1. The van der Waals surface area contributed by atoms with Crippen LogP contribution in [0.4, 0.5) is 0 Å². The van der Waals surface area contributed by atoms with Gasteiger partial charge in [-0.2, -0.15) is 0 Å². The van der Waals surface area contributed by atoms with Crippen molar-refractivity contribution >= 4 is 11.5 Å². The van der Waals surface area contributed by atoms with E-state index in [4.69, 9.17) is 9.47 Å². The minimum absolute atomic E-state index is 0.165. The SMILES string of the molecule is CCOC(=O)CC1=C(CC)Cc2cccc(OC)c21. The third kappa shape index (κ3) is 2.65. The van der Waals surface area contributed by atoms with Crippen LogP contribution >= 0.6 is 0 Å². The molecule has 0 heterocycles. The molecule has 2 rings (SSSR count). The van der Waals surface area contributed by atoms with Gasteiger partial charge in [-0.3, -0.25) is 4.79 Å². The Labute approximate surface area is 114 Å². The predicted molar refractivity (Wildman–Crippen MR) is 75.2 cm³/mol. The Balaban J connectivity index is 2.38. The fraction of sp³-hybridized carbons (Fsp3) is 0.438. The highest BCUT2D eigenvalue weighted by Crippen LogP contribution is 2.41. The van der Waals surface area contributed by atoms with Gasteiger partial charge in [0.1, 0.15) is 5.75 Å². The van der Waals surface area contributed by atoms with E-state index in [0.717, 1.165) is 29.7 Å². The lowest BCUT2D eigenvalue weighted by Gasteiger charge is -2.11. The van der Waals surface area contributed by atoms with E-state index in [9.17, 15) is 4.79 Å². The fourth-order valence-electron chi connectivity index (χ4n) is 2.66. The van der Waals surface area contributed by atoms with Crippen LogP contribution in [0.1, 0.15) is 37.8 Å². The van der Waals surface area contributed by atoms with Gasteiger partial charge in [0.2, 0.25) is 0 Å². The van der Waals surface area contributed by atoms with Crippen LogP contribution < -0.4 is 4.74 Å². The molecule has 0 aliphatic heterocycles. The summed E-state index contributed by atoms with van der Waals surface area (Å²) in [6.07, 6.45) is 2.20. The molecule has 0 atom stereocenters. The van der Waals surface area contributed by atoms with Gasteiger partial charge >= 0.3 is 5.97 Å². The van der Waals surface area contributed by atoms with Crippen molar-refractivity contribution in [2.24, 2.45) is 0 Å². The predicted octanol–water partition coefficient (Wildman–Crippen LogP) is 3.37. The van der Waals surface area contributed by atoms with Gasteiger partial charge < -0.3 is 9.47 Å². The van der Waals surface area contributed by atoms with Gasteiger partial charge in [0.15, 0.2) is 0 Å². The normalized spacial score (nSPS) is 13.4. The van der Waals surface area contributed by atoms with Crippen molar-refractivity contribution < 1.29 is 14.3 Å². The summed E-state index contributed by atoms with van der Waals surface area (Å²) in [5.41, 5.74) is 4.74. The first-order chi connectivity index (χ1) is 9.21. The van der Waals surface area contributed by atoms with Crippen molar-refractivity contribution in [3.05, 3.63) is 34.9 Å². The number of rotatable bonds is 5. The molecule has 3 nitrogen and oxygen atoms in total. The molecular weight excluding hydrogens is 240 g/mol. The van der Waals surface area contributed by atoms with Gasteiger partial charge in [-0.15, -0.1) is 0 Å². The summed E-state index contributed by atoms with van der Waals surface area (Å²) in [6.45, 7) is 4.38. The molecule has 1 aliphatic carbocycles. The Morgan fingerprint density at radius 1 is 1.32 bits per heavy atom. The molecule has 0 bridgehead atoms. The van der Waals surface area contributed by atoms with Crippen LogP contribution in [0, 0.1) is 0 Å². The Hall–Kier alpha value is -1.77. The van der Waals surface area contributed by atoms with Crippen molar-refractivity contribution in [2.45, 2.75) is 33.1 Å². The minimum atomic E-state index is -0.165. The molecule has 0 spiro atoms. The molecule has 102 valence electrons. The van der Waals surface area contributed by atoms with E-state index in [1.165, 1.54) is 11.1 Å². The number of hydrogen-bond donors (Lipinski definition) is 0. The topological polar surface area (TPSA) is 35.5 Å². The number of carbonyl (C=O) groups is 1. The van der Waals surface area contributed by atoms with Crippen LogP contribution in [0.15, 0.2) is 23.8 Å². The second-order valence-corrected chi connectivity index (χ2v) is 4.59. The van der Waals surface area contributed by atoms with Crippen molar-refractivity contribution in [1.82, 2.24) is 0 Å². The molecule has 0 amide bonds. The summed E-state index contributed by atoms with van der Waals surface area (Å²) in [5.74, 6) is 0.683. The lowest BCUT2D eigenvalue weighted by molar-refractivity contribution is -0.141. The first-order valence-electron chi connectivity index (χ1n) is 6.74. The van der Waals surface area contributed by atoms with Gasteiger partial charge in [-0.05, 0) is 37.0 Å². The van der Waals surface area contributed by atoms with Crippen LogP contribution in [0.25, 0.3) is 5.57 Å². The van der Waals surface area contributed by atoms with Gasteiger partial charge in [-0.25, -0.2) is 0 Å². The largest absolute Gasteiger partial charge is 0.496 e. The highest BCUT2D eigenvalue weighted by Gasteiger charge is 2.25. The number of hydrogen-bond acceptors (Lipinski definition) is 3. The second-order valence-electron chi connectivity index (χ2n) is 4.59. The summed E-state index contributed by atoms with van der Waals surface area (Å²) < 4.78 is 10.5. The maximum Gasteiger partial charge on any atom is 0.310 e. The highest BCUT2D eigenvalue weighted by atomic mass is 16.5. The molecule has 0 saturated carbocycles. The highest BCUT2D eigenvalue weighted by molar-refractivity contribution is 5.91. The number of allylic oxidation sites excluding steroid dienone is 1. The molecule has 0 aromatic heterocycles. The molecular formula is C16H20O3. The quantitative estimate of drug-likeness (QED) is 0.761. The summed E-state index contributed by atoms with van der Waals surface area (Å²) >= 11 is 0. The van der Waals surface area contributed by atoms with E-state index in [-0.39, 0.29) is 5.97 Å². The maximum absolute atomic E-state index is 11.8. The van der Waals surface area contributed by atoms with Crippen LogP contribution in [-0.4, -0.2) is 19.7 Å². The summed E-state index contributed by atoms with van der Waals surface area (Å²) in [7, 11) is 1.67. The molecule has 1 aromatic carbocycles. The summed E-state index contributed by atoms with van der Waals surface area (Å²) in [6, 6.07) is 6.05. The zero-order chi connectivity index (χ0) is 13.8. The van der Waals surface area contributed by atoms with Crippen molar-refractivity contribution in [1.29, 1.82) is 0 Å². The van der Waals surface area contributed by atoms with Crippen LogP contribution in [0.2, 0.25) is 0 Å². The molecule has 0 N–H and O–H groups in total. The van der Waals surface area contributed by atoms with Crippen molar-refractivity contribution in [2.75, 3.05) is 13.7 Å². The minimum Gasteiger partial charge on any atom is -0.496 e. The fourth-order valence-corrected chi connectivity index (χ4v) is 2.66. The maximum atomic E-state index is 11.8. The van der Waals surface area contributed by atoms with E-state index in [2.05, 4.69) is 13.0 Å². The van der Waals surface area contributed by atoms with Gasteiger partial charge in [0, 0.05) is 5.56 Å². The monoisotopic (exact) mass is 260 g/mol. The van der Waals surface area contributed by atoms with Crippen LogP contribution in [-0.2, 0) is 16.0 Å². The Morgan fingerprint density at radius 2 is 2.11 bits per heavy atom. The summed E-state index contributed by atoms with van der Waals surface area (Å²) in [5, 5.41) is 0. The van der Waals surface area contributed by atoms with Crippen molar-refractivity contribution in [3.63, 3.8) is 0 Å². The molecule has 19 heavy (non-hydrogen) atoms. The number of fused-ring (bicyclic) bond motifs is 1. The molecule has 1 aromatic rings. The van der Waals surface area contributed by atoms with Crippen LogP contribution in [0.3, 0.4) is 0 Å². The number of esters is 1. The Morgan fingerprint density at radius 3 is 2.74 bits per heavy atom. The molecule has 3 heteroatoms. The third-order valence-corrected chi connectivity index (χ3v) is 3.52. The zero-order valence-corrected chi connectivity index (χ0v) is 11.8. The molecule has 1 aliphatic rings. The van der Waals surface area contributed by atoms with Gasteiger partial charge in [-0.1, -0.05) is 24.6 Å². The van der Waals surface area contributed by atoms with E-state index in [0.29, 0.717) is 13.0 Å². The third-order valence-electron chi connectivity index (χ3n) is 3.52. The van der Waals surface area contributed by atoms with Gasteiger partial charge in [0.05, 0.1) is 20.1 Å². The summed E-state index contributed by atoms with van der Waals surface area (Å²) in [4.78, 5) is 11.8. The van der Waals surface area contributed by atoms with E-state index < -0.39 is 0 Å². The van der Waals surface area contributed by atoms with E-state index in [1.54, 1.807) is 7.11 Å². The van der Waals surface area contributed by atoms with E-state index in [1.807, 2.05) is 19.1 Å². The van der Waals surface area contributed by atoms with Crippen LogP contribution in [0.5, 0.6) is 5.75 Å². The van der Waals surface area contributed by atoms with E-state index >= 15 is 0 Å². The van der Waals surface area contributed by atoms with Crippen molar-refractivity contribution in [3.8, 4) is 5.75 Å². The molecule has 0 saturated heterocycles. The molecule has 0 unspecified atom stereocenters. The molecule has 0 radical (unpaired) electrons. The van der Waals surface area contributed by atoms with Gasteiger partial charge in [0.25, 0.3) is 0 Å².